The lowest BCUT2D eigenvalue weighted by molar-refractivity contribution is 0.715. The van der Waals surface area contributed by atoms with E-state index < -0.39 is 7.92 Å². The summed E-state index contributed by atoms with van der Waals surface area (Å²) in [6.45, 7) is 14.5. The summed E-state index contributed by atoms with van der Waals surface area (Å²) in [5.41, 5.74) is 4.06. The van der Waals surface area contributed by atoms with Gasteiger partial charge in [0.15, 0.2) is 0 Å². The number of hydrogen-bond acceptors (Lipinski definition) is 1. The van der Waals surface area contributed by atoms with Gasteiger partial charge in [-0.05, 0) is 48.8 Å². The first kappa shape index (κ1) is 22.8. The molecule has 0 aromatic heterocycles. The number of benzene rings is 4. The molecule has 4 aromatic rings. The van der Waals surface area contributed by atoms with E-state index in [9.17, 15) is 0 Å². The quantitative estimate of drug-likeness (QED) is 0.288. The van der Waals surface area contributed by atoms with Gasteiger partial charge < -0.3 is 4.90 Å². The van der Waals surface area contributed by atoms with Crippen molar-refractivity contribution in [3.63, 3.8) is 0 Å². The first-order valence-corrected chi connectivity index (χ1v) is 12.9. The molecule has 0 N–H and O–H groups in total. The van der Waals surface area contributed by atoms with E-state index in [1.54, 1.807) is 0 Å². The highest BCUT2D eigenvalue weighted by Crippen LogP contribution is 2.60. The third kappa shape index (κ3) is 4.04. The third-order valence-electron chi connectivity index (χ3n) is 6.13. The molecule has 0 radical (unpaired) electrons. The molecule has 0 amide bonds. The van der Waals surface area contributed by atoms with E-state index in [1.807, 2.05) is 0 Å². The van der Waals surface area contributed by atoms with Crippen LogP contribution in [0, 0.1) is 0 Å². The van der Waals surface area contributed by atoms with Crippen LogP contribution >= 0.6 is 7.92 Å². The minimum atomic E-state index is -0.461. The molecule has 32 heavy (non-hydrogen) atoms. The van der Waals surface area contributed by atoms with Gasteiger partial charge >= 0.3 is 0 Å². The first-order valence-electron chi connectivity index (χ1n) is 11.5. The highest BCUT2D eigenvalue weighted by Gasteiger charge is 2.38. The van der Waals surface area contributed by atoms with Crippen LogP contribution in [0.5, 0.6) is 0 Å². The van der Waals surface area contributed by atoms with Crippen molar-refractivity contribution in [2.75, 3.05) is 19.0 Å². The van der Waals surface area contributed by atoms with Crippen molar-refractivity contribution >= 4 is 40.5 Å². The summed E-state index contributed by atoms with van der Waals surface area (Å²) >= 11 is 0. The average molecular weight is 442 g/mol. The maximum Gasteiger partial charge on any atom is 0.0447 e. The lowest BCUT2D eigenvalue weighted by Crippen LogP contribution is -2.32. The highest BCUT2D eigenvalue weighted by molar-refractivity contribution is 7.68. The number of fused-ring (bicyclic) bond motifs is 2. The van der Waals surface area contributed by atoms with Crippen molar-refractivity contribution in [1.29, 1.82) is 0 Å². The number of hydrogen-bond donors (Lipinski definition) is 0. The van der Waals surface area contributed by atoms with E-state index in [2.05, 4.69) is 133 Å². The molecule has 1 nitrogen and oxygen atoms in total. The Morgan fingerprint density at radius 1 is 0.562 bits per heavy atom. The van der Waals surface area contributed by atoms with Gasteiger partial charge in [-0.15, -0.1) is 0 Å². The van der Waals surface area contributed by atoms with E-state index in [4.69, 9.17) is 0 Å². The summed E-state index contributed by atoms with van der Waals surface area (Å²) in [6.07, 6.45) is 0. The third-order valence-corrected chi connectivity index (χ3v) is 9.67. The van der Waals surface area contributed by atoms with Gasteiger partial charge in [-0.2, -0.15) is 0 Å². The van der Waals surface area contributed by atoms with E-state index >= 15 is 0 Å². The van der Waals surface area contributed by atoms with Crippen LogP contribution in [-0.4, -0.2) is 24.4 Å². The zero-order valence-corrected chi connectivity index (χ0v) is 21.7. The van der Waals surface area contributed by atoms with Gasteiger partial charge in [0.1, 0.15) is 0 Å². The molecule has 0 aliphatic heterocycles. The summed E-state index contributed by atoms with van der Waals surface area (Å²) in [5.74, 6) is 0. The fourth-order valence-electron chi connectivity index (χ4n) is 5.33. The molecule has 0 spiro atoms. The second kappa shape index (κ2) is 8.20. The summed E-state index contributed by atoms with van der Waals surface area (Å²) in [6, 6.07) is 27.1. The Labute approximate surface area is 195 Å². The Morgan fingerprint density at radius 3 is 1.53 bits per heavy atom. The van der Waals surface area contributed by atoms with Gasteiger partial charge in [0.05, 0.1) is 0 Å². The second-order valence-corrected chi connectivity index (χ2v) is 14.8. The zero-order chi connectivity index (χ0) is 23.3. The predicted molar refractivity (Wildman–Crippen MR) is 147 cm³/mol. The van der Waals surface area contributed by atoms with Crippen molar-refractivity contribution in [3.8, 4) is 11.1 Å². The Balaban J connectivity index is 2.24. The largest absolute Gasteiger partial charge is 0.377 e. The topological polar surface area (TPSA) is 3.24 Å². The number of nitrogens with zero attached hydrogens (tertiary/aromatic N) is 1. The smallest absolute Gasteiger partial charge is 0.0447 e. The second-order valence-electron chi connectivity index (χ2n) is 10.9. The Bertz CT molecular complexity index is 1260. The molecule has 0 aliphatic carbocycles. The fraction of sp³-hybridized carbons (Fsp3) is 0.333. The standard InChI is InChI=1S/C30H36NP/c1-29(2,3)32(30(4,5)6)26-20-18-22-14-10-12-16-24(22)28(26)27-23-15-11-9-13-21(23)17-19-25(27)31(7)8/h9-20H,1-8H3. The SMILES string of the molecule is CN(C)c1ccc2ccccc2c1-c1c(P(C(C)(C)C)C(C)(C)C)ccc2ccccc12. The van der Waals surface area contributed by atoms with Gasteiger partial charge in [0.25, 0.3) is 0 Å². The molecule has 0 fully saturated rings. The van der Waals surface area contributed by atoms with Crippen LogP contribution in [-0.2, 0) is 0 Å². The maximum atomic E-state index is 2.43. The monoisotopic (exact) mass is 441 g/mol. The summed E-state index contributed by atoms with van der Waals surface area (Å²) in [7, 11) is 3.86. The average Bonchev–Trinajstić information content (AvgIpc) is 2.71. The van der Waals surface area contributed by atoms with Gasteiger partial charge in [-0.1, -0.05) is 116 Å². The Kier molecular flexibility index (Phi) is 5.84. The van der Waals surface area contributed by atoms with Gasteiger partial charge in [0.2, 0.25) is 0 Å². The molecule has 0 bridgehead atoms. The van der Waals surface area contributed by atoms with E-state index in [1.165, 1.54) is 43.7 Å². The molecule has 2 heteroatoms. The van der Waals surface area contributed by atoms with Gasteiger partial charge in [-0.3, -0.25) is 0 Å². The van der Waals surface area contributed by atoms with Crippen molar-refractivity contribution in [2.45, 2.75) is 51.9 Å². The normalized spacial score (nSPS) is 12.7. The van der Waals surface area contributed by atoms with Crippen LogP contribution in [0.4, 0.5) is 5.69 Å². The van der Waals surface area contributed by atoms with E-state index in [-0.39, 0.29) is 10.3 Å². The molecular weight excluding hydrogens is 405 g/mol. The zero-order valence-electron chi connectivity index (χ0n) is 20.8. The fourth-order valence-corrected chi connectivity index (χ4v) is 9.47. The molecule has 0 heterocycles. The van der Waals surface area contributed by atoms with Gasteiger partial charge in [-0.25, -0.2) is 0 Å². The minimum Gasteiger partial charge on any atom is -0.377 e. The van der Waals surface area contributed by atoms with Crippen LogP contribution in [0.2, 0.25) is 0 Å². The van der Waals surface area contributed by atoms with Gasteiger partial charge in [0, 0.05) is 25.3 Å². The minimum absolute atomic E-state index is 0.188. The molecule has 0 atom stereocenters. The summed E-state index contributed by atoms with van der Waals surface area (Å²) in [4.78, 5) is 2.27. The summed E-state index contributed by atoms with van der Waals surface area (Å²) in [5, 5.41) is 7.17. The van der Waals surface area contributed by atoms with Crippen LogP contribution in [0.25, 0.3) is 32.7 Å². The number of rotatable bonds is 3. The predicted octanol–water partition coefficient (Wildman–Crippen LogP) is 8.43. The molecule has 4 aromatic carbocycles. The van der Waals surface area contributed by atoms with Crippen LogP contribution < -0.4 is 10.2 Å². The first-order chi connectivity index (χ1) is 15.0. The van der Waals surface area contributed by atoms with Crippen LogP contribution in [0.1, 0.15) is 41.5 Å². The Hall–Kier alpha value is -2.37. The Morgan fingerprint density at radius 2 is 1.03 bits per heavy atom. The van der Waals surface area contributed by atoms with E-state index in [0.29, 0.717) is 0 Å². The molecule has 0 saturated heterocycles. The maximum absolute atomic E-state index is 2.43. The van der Waals surface area contributed by atoms with Crippen LogP contribution in [0.15, 0.2) is 72.8 Å². The van der Waals surface area contributed by atoms with Crippen LogP contribution in [0.3, 0.4) is 0 Å². The molecule has 0 saturated carbocycles. The molecule has 4 rings (SSSR count). The lowest BCUT2D eigenvalue weighted by Gasteiger charge is -2.43. The van der Waals surface area contributed by atoms with Crippen molar-refractivity contribution in [1.82, 2.24) is 0 Å². The van der Waals surface area contributed by atoms with Crippen molar-refractivity contribution in [2.24, 2.45) is 0 Å². The highest BCUT2D eigenvalue weighted by atomic mass is 31.1. The molecule has 0 unspecified atom stereocenters. The molecular formula is C30H36NP. The van der Waals surface area contributed by atoms with E-state index in [0.717, 1.165) is 0 Å². The number of anilines is 1. The van der Waals surface area contributed by atoms with Crippen molar-refractivity contribution in [3.05, 3.63) is 72.8 Å². The van der Waals surface area contributed by atoms with Crippen molar-refractivity contribution < 1.29 is 0 Å². The molecule has 0 aliphatic rings. The molecule has 166 valence electrons. The lowest BCUT2D eigenvalue weighted by atomic mass is 9.92. The summed E-state index contributed by atoms with van der Waals surface area (Å²) < 4.78 is 0.